The number of aliphatic hydroxyl groups is 1. The maximum atomic E-state index is 11.4. The second-order valence-electron chi connectivity index (χ2n) is 4.51. The smallest absolute Gasteiger partial charge is 0.223 e. The van der Waals surface area contributed by atoms with E-state index < -0.39 is 0 Å². The molecule has 2 unspecified atom stereocenters. The Morgan fingerprint density at radius 3 is 2.77 bits per heavy atom. The molecule has 1 heterocycles. The van der Waals surface area contributed by atoms with Crippen LogP contribution < -0.4 is 0 Å². The van der Waals surface area contributed by atoms with Crippen LogP contribution in [0.2, 0.25) is 0 Å². The Morgan fingerprint density at radius 2 is 2.31 bits per heavy atom. The lowest BCUT2D eigenvalue weighted by Gasteiger charge is -2.19. The third kappa shape index (κ3) is 2.02. The normalized spacial score (nSPS) is 31.1. The van der Waals surface area contributed by atoms with E-state index in [1.807, 2.05) is 4.90 Å². The van der Waals surface area contributed by atoms with Gasteiger partial charge in [-0.1, -0.05) is 6.92 Å². The Bertz CT molecular complexity index is 213. The lowest BCUT2D eigenvalue weighted by atomic mass is 10.2. The summed E-state index contributed by atoms with van der Waals surface area (Å²) >= 11 is 0. The number of nitrogens with zero attached hydrogens (tertiary/aromatic N) is 1. The van der Waals surface area contributed by atoms with Gasteiger partial charge in [-0.3, -0.25) is 4.79 Å². The van der Waals surface area contributed by atoms with Gasteiger partial charge in [-0.25, -0.2) is 0 Å². The Labute approximate surface area is 78.7 Å². The second-order valence-corrected chi connectivity index (χ2v) is 4.51. The molecule has 0 spiro atoms. The van der Waals surface area contributed by atoms with Gasteiger partial charge in [-0.15, -0.1) is 0 Å². The zero-order valence-electron chi connectivity index (χ0n) is 8.07. The van der Waals surface area contributed by atoms with E-state index in [-0.39, 0.29) is 12.0 Å². The predicted octanol–water partition coefficient (Wildman–Crippen LogP) is 0.626. The molecule has 1 saturated carbocycles. The number of hydrogen-bond donors (Lipinski definition) is 1. The minimum atomic E-state index is -0.269. The summed E-state index contributed by atoms with van der Waals surface area (Å²) in [5.74, 6) is 1.16. The first kappa shape index (κ1) is 9.00. The molecule has 2 atom stereocenters. The Morgan fingerprint density at radius 1 is 1.62 bits per heavy atom. The second kappa shape index (κ2) is 3.29. The highest BCUT2D eigenvalue weighted by Crippen LogP contribution is 2.33. The summed E-state index contributed by atoms with van der Waals surface area (Å²) in [6.45, 7) is 3.48. The van der Waals surface area contributed by atoms with Crippen molar-refractivity contribution in [3.8, 4) is 0 Å². The van der Waals surface area contributed by atoms with E-state index in [2.05, 4.69) is 6.92 Å². The standard InChI is InChI=1S/C10H17NO2/c1-7-4-10(13)11(5-7)6-9(12)8-2-3-8/h7-9,12H,2-6H2,1H3. The molecule has 0 bridgehead atoms. The number of likely N-dealkylation sites (tertiary alicyclic amines) is 1. The summed E-state index contributed by atoms with van der Waals surface area (Å²) < 4.78 is 0. The van der Waals surface area contributed by atoms with Gasteiger partial charge < -0.3 is 10.0 Å². The van der Waals surface area contributed by atoms with Crippen molar-refractivity contribution in [2.24, 2.45) is 11.8 Å². The molecule has 1 aliphatic heterocycles. The van der Waals surface area contributed by atoms with Crippen LogP contribution in [0.25, 0.3) is 0 Å². The minimum absolute atomic E-state index is 0.215. The lowest BCUT2D eigenvalue weighted by molar-refractivity contribution is -0.129. The molecule has 3 nitrogen and oxygen atoms in total. The first-order valence-electron chi connectivity index (χ1n) is 5.12. The van der Waals surface area contributed by atoms with Crippen LogP contribution in [0.5, 0.6) is 0 Å². The average molecular weight is 183 g/mol. The van der Waals surface area contributed by atoms with Crippen molar-refractivity contribution < 1.29 is 9.90 Å². The van der Waals surface area contributed by atoms with Gasteiger partial charge in [0.25, 0.3) is 0 Å². The number of carbonyl (C=O) groups is 1. The van der Waals surface area contributed by atoms with Crippen LogP contribution in [-0.4, -0.2) is 35.1 Å². The number of aliphatic hydroxyl groups excluding tert-OH is 1. The first-order valence-corrected chi connectivity index (χ1v) is 5.12. The quantitative estimate of drug-likeness (QED) is 0.697. The van der Waals surface area contributed by atoms with E-state index >= 15 is 0 Å². The molecule has 0 aromatic heterocycles. The molecule has 2 fully saturated rings. The molecule has 1 N–H and O–H groups in total. The first-order chi connectivity index (χ1) is 6.16. The summed E-state index contributed by atoms with van der Waals surface area (Å²) in [4.78, 5) is 13.2. The highest BCUT2D eigenvalue weighted by atomic mass is 16.3. The fourth-order valence-electron chi connectivity index (χ4n) is 2.00. The van der Waals surface area contributed by atoms with Crippen molar-refractivity contribution in [2.75, 3.05) is 13.1 Å². The van der Waals surface area contributed by atoms with Gasteiger partial charge >= 0.3 is 0 Å². The summed E-state index contributed by atoms with van der Waals surface area (Å²) in [7, 11) is 0. The predicted molar refractivity (Wildman–Crippen MR) is 49.1 cm³/mol. The lowest BCUT2D eigenvalue weighted by Crippen LogP contribution is -2.34. The molecular formula is C10H17NO2. The summed E-state index contributed by atoms with van der Waals surface area (Å²) in [6.07, 6.45) is 2.67. The highest BCUT2D eigenvalue weighted by molar-refractivity contribution is 5.78. The third-order valence-corrected chi connectivity index (χ3v) is 2.98. The van der Waals surface area contributed by atoms with Crippen LogP contribution >= 0.6 is 0 Å². The zero-order chi connectivity index (χ0) is 9.42. The SMILES string of the molecule is CC1CC(=O)N(CC(O)C2CC2)C1. The van der Waals surface area contributed by atoms with Crippen LogP contribution in [0.1, 0.15) is 26.2 Å². The molecule has 1 saturated heterocycles. The van der Waals surface area contributed by atoms with Crippen molar-refractivity contribution in [1.82, 2.24) is 4.90 Å². The van der Waals surface area contributed by atoms with Gasteiger partial charge in [-0.05, 0) is 24.7 Å². The third-order valence-electron chi connectivity index (χ3n) is 2.98. The number of β-amino-alcohol motifs (C(OH)–C–C–N with tert-alkyl or cyclic N) is 1. The monoisotopic (exact) mass is 183 g/mol. The Kier molecular flexibility index (Phi) is 2.28. The van der Waals surface area contributed by atoms with Crippen molar-refractivity contribution in [1.29, 1.82) is 0 Å². The van der Waals surface area contributed by atoms with Crippen LogP contribution in [-0.2, 0) is 4.79 Å². The van der Waals surface area contributed by atoms with Gasteiger partial charge in [0, 0.05) is 19.5 Å². The highest BCUT2D eigenvalue weighted by Gasteiger charge is 2.34. The zero-order valence-corrected chi connectivity index (χ0v) is 8.07. The molecule has 0 radical (unpaired) electrons. The summed E-state index contributed by atoms with van der Waals surface area (Å²) in [5.41, 5.74) is 0. The average Bonchev–Trinajstić information content (AvgIpc) is 2.81. The van der Waals surface area contributed by atoms with Crippen molar-refractivity contribution in [2.45, 2.75) is 32.3 Å². The molecule has 13 heavy (non-hydrogen) atoms. The maximum absolute atomic E-state index is 11.4. The number of rotatable bonds is 3. The number of amides is 1. The van der Waals surface area contributed by atoms with Crippen molar-refractivity contribution in [3.63, 3.8) is 0 Å². The number of carbonyl (C=O) groups excluding carboxylic acids is 1. The Hall–Kier alpha value is -0.570. The topological polar surface area (TPSA) is 40.5 Å². The van der Waals surface area contributed by atoms with E-state index in [9.17, 15) is 9.90 Å². The molecule has 2 aliphatic rings. The molecule has 2 rings (SSSR count). The molecule has 3 heteroatoms. The van der Waals surface area contributed by atoms with Crippen LogP contribution in [0.3, 0.4) is 0 Å². The fraction of sp³-hybridized carbons (Fsp3) is 0.900. The van der Waals surface area contributed by atoms with E-state index in [1.165, 1.54) is 0 Å². The Balaban J connectivity index is 1.83. The minimum Gasteiger partial charge on any atom is -0.391 e. The van der Waals surface area contributed by atoms with E-state index in [4.69, 9.17) is 0 Å². The molecule has 1 amide bonds. The van der Waals surface area contributed by atoms with E-state index in [1.54, 1.807) is 0 Å². The largest absolute Gasteiger partial charge is 0.391 e. The van der Waals surface area contributed by atoms with Crippen LogP contribution in [0.15, 0.2) is 0 Å². The number of hydrogen-bond acceptors (Lipinski definition) is 2. The van der Waals surface area contributed by atoms with Crippen molar-refractivity contribution in [3.05, 3.63) is 0 Å². The van der Waals surface area contributed by atoms with Gasteiger partial charge in [-0.2, -0.15) is 0 Å². The summed E-state index contributed by atoms with van der Waals surface area (Å²) in [5, 5.41) is 9.66. The molecule has 74 valence electrons. The van der Waals surface area contributed by atoms with E-state index in [0.717, 1.165) is 19.4 Å². The van der Waals surface area contributed by atoms with Gasteiger partial charge in [0.05, 0.1) is 6.10 Å². The summed E-state index contributed by atoms with van der Waals surface area (Å²) in [6, 6.07) is 0. The molecule has 0 aromatic rings. The van der Waals surface area contributed by atoms with Gasteiger partial charge in [0.1, 0.15) is 0 Å². The fourth-order valence-corrected chi connectivity index (χ4v) is 2.00. The molecular weight excluding hydrogens is 166 g/mol. The van der Waals surface area contributed by atoms with Crippen molar-refractivity contribution >= 4 is 5.91 Å². The van der Waals surface area contributed by atoms with Crippen LogP contribution in [0.4, 0.5) is 0 Å². The van der Waals surface area contributed by atoms with E-state index in [0.29, 0.717) is 24.8 Å². The maximum Gasteiger partial charge on any atom is 0.223 e. The van der Waals surface area contributed by atoms with Gasteiger partial charge in [0.2, 0.25) is 5.91 Å². The van der Waals surface area contributed by atoms with Crippen LogP contribution in [0, 0.1) is 11.8 Å². The molecule has 0 aromatic carbocycles. The van der Waals surface area contributed by atoms with Gasteiger partial charge in [0.15, 0.2) is 0 Å². The molecule has 1 aliphatic carbocycles.